The smallest absolute Gasteiger partial charge is 0.245 e. The van der Waals surface area contributed by atoms with Gasteiger partial charge in [0.1, 0.15) is 5.54 Å². The van der Waals surface area contributed by atoms with Crippen LogP contribution in [0.5, 0.6) is 0 Å². The van der Waals surface area contributed by atoms with Crippen molar-refractivity contribution < 1.29 is 9.53 Å². The number of rotatable bonds is 5. The molecule has 1 aliphatic rings. The van der Waals surface area contributed by atoms with E-state index in [1.807, 2.05) is 51.1 Å². The highest BCUT2D eigenvalue weighted by Crippen LogP contribution is 2.50. The van der Waals surface area contributed by atoms with Crippen molar-refractivity contribution in [1.82, 2.24) is 9.78 Å². The van der Waals surface area contributed by atoms with Gasteiger partial charge in [-0.1, -0.05) is 32.0 Å². The number of benzene rings is 1. The summed E-state index contributed by atoms with van der Waals surface area (Å²) in [5, 5.41) is 7.17. The second-order valence-electron chi connectivity index (χ2n) is 6.80. The largest absolute Gasteiger partial charge is 0.378 e. The first kappa shape index (κ1) is 16.7. The molecule has 1 fully saturated rings. The van der Waals surface area contributed by atoms with Crippen LogP contribution >= 0.6 is 0 Å². The summed E-state index contributed by atoms with van der Waals surface area (Å²) in [4.78, 5) is 12.7. The van der Waals surface area contributed by atoms with E-state index in [4.69, 9.17) is 10.5 Å². The molecule has 1 aromatic carbocycles. The first-order valence-corrected chi connectivity index (χ1v) is 8.20. The molecule has 2 atom stereocenters. The maximum Gasteiger partial charge on any atom is 0.245 e. The number of carbonyl (C=O) groups excluding carboxylic acids is 1. The molecule has 0 saturated heterocycles. The highest BCUT2D eigenvalue weighted by Gasteiger charge is 2.62. The van der Waals surface area contributed by atoms with Gasteiger partial charge in [0.05, 0.1) is 29.9 Å². The maximum atomic E-state index is 12.7. The van der Waals surface area contributed by atoms with E-state index < -0.39 is 11.0 Å². The molecule has 0 spiro atoms. The summed E-state index contributed by atoms with van der Waals surface area (Å²) >= 11 is 0. The minimum atomic E-state index is -0.943. The van der Waals surface area contributed by atoms with Crippen molar-refractivity contribution in [3.8, 4) is 5.69 Å². The Morgan fingerprint density at radius 1 is 1.42 bits per heavy atom. The fraction of sp³-hybridized carbons (Fsp3) is 0.444. The quantitative estimate of drug-likeness (QED) is 0.882. The van der Waals surface area contributed by atoms with E-state index in [0.29, 0.717) is 18.7 Å². The Bertz CT molecular complexity index is 726. The van der Waals surface area contributed by atoms with Gasteiger partial charge in [-0.05, 0) is 19.1 Å². The number of nitrogens with zero attached hydrogens (tertiary/aromatic N) is 2. The van der Waals surface area contributed by atoms with Gasteiger partial charge < -0.3 is 15.8 Å². The van der Waals surface area contributed by atoms with Crippen LogP contribution in [-0.4, -0.2) is 33.9 Å². The zero-order valence-corrected chi connectivity index (χ0v) is 14.3. The van der Waals surface area contributed by atoms with Gasteiger partial charge in [-0.25, -0.2) is 4.68 Å². The molecule has 2 aromatic rings. The molecule has 1 aromatic heterocycles. The third kappa shape index (κ3) is 2.61. The molecule has 128 valence electrons. The van der Waals surface area contributed by atoms with Crippen molar-refractivity contribution in [3.63, 3.8) is 0 Å². The van der Waals surface area contributed by atoms with Gasteiger partial charge in [0.2, 0.25) is 5.91 Å². The summed E-state index contributed by atoms with van der Waals surface area (Å²) in [6.45, 7) is 6.52. The first-order valence-electron chi connectivity index (χ1n) is 8.20. The van der Waals surface area contributed by atoms with Crippen LogP contribution in [0.3, 0.4) is 0 Å². The van der Waals surface area contributed by atoms with Crippen LogP contribution < -0.4 is 11.1 Å². The van der Waals surface area contributed by atoms with Gasteiger partial charge in [0, 0.05) is 18.4 Å². The summed E-state index contributed by atoms with van der Waals surface area (Å²) in [6, 6.07) is 9.72. The molecule has 3 N–H and O–H groups in total. The second-order valence-corrected chi connectivity index (χ2v) is 6.80. The predicted molar refractivity (Wildman–Crippen MR) is 92.9 cm³/mol. The fourth-order valence-corrected chi connectivity index (χ4v) is 3.17. The van der Waals surface area contributed by atoms with Crippen molar-refractivity contribution in [2.75, 3.05) is 11.9 Å². The minimum Gasteiger partial charge on any atom is -0.378 e. The zero-order valence-electron chi connectivity index (χ0n) is 14.3. The summed E-state index contributed by atoms with van der Waals surface area (Å²) < 4.78 is 7.39. The van der Waals surface area contributed by atoms with E-state index in [-0.39, 0.29) is 12.0 Å². The second kappa shape index (κ2) is 6.03. The highest BCUT2D eigenvalue weighted by molar-refractivity contribution is 5.99. The van der Waals surface area contributed by atoms with Gasteiger partial charge in [0.15, 0.2) is 0 Å². The van der Waals surface area contributed by atoms with Gasteiger partial charge in [-0.2, -0.15) is 5.10 Å². The summed E-state index contributed by atoms with van der Waals surface area (Å²) in [6.07, 6.45) is 3.93. The topological polar surface area (TPSA) is 82.2 Å². The molecule has 1 amide bonds. The van der Waals surface area contributed by atoms with E-state index in [1.54, 1.807) is 17.1 Å². The lowest BCUT2D eigenvalue weighted by molar-refractivity contribution is -0.166. The number of carbonyl (C=O) groups is 1. The number of para-hydroxylation sites is 1. The van der Waals surface area contributed by atoms with Crippen LogP contribution in [0.25, 0.3) is 5.69 Å². The molecule has 3 rings (SSSR count). The Labute approximate surface area is 142 Å². The Kier molecular flexibility index (Phi) is 4.19. The van der Waals surface area contributed by atoms with E-state index in [9.17, 15) is 4.79 Å². The Hall–Kier alpha value is -2.18. The number of nitrogens with two attached hydrogens (primary N) is 1. The molecule has 24 heavy (non-hydrogen) atoms. The van der Waals surface area contributed by atoms with Crippen LogP contribution in [0, 0.1) is 5.41 Å². The van der Waals surface area contributed by atoms with Crippen molar-refractivity contribution in [2.45, 2.75) is 38.8 Å². The van der Waals surface area contributed by atoms with Gasteiger partial charge in [0.25, 0.3) is 0 Å². The lowest BCUT2D eigenvalue weighted by Crippen LogP contribution is -2.74. The van der Waals surface area contributed by atoms with Crippen LogP contribution in [0.4, 0.5) is 5.69 Å². The third-order valence-electron chi connectivity index (χ3n) is 5.10. The van der Waals surface area contributed by atoms with E-state index in [0.717, 1.165) is 5.69 Å². The molecule has 1 saturated carbocycles. The van der Waals surface area contributed by atoms with Crippen molar-refractivity contribution >= 4 is 11.6 Å². The molecule has 0 aliphatic heterocycles. The molecule has 0 bridgehead atoms. The highest BCUT2D eigenvalue weighted by atomic mass is 16.5. The predicted octanol–water partition coefficient (Wildman–Crippen LogP) is 2.34. The molecule has 1 heterocycles. The van der Waals surface area contributed by atoms with Gasteiger partial charge in [-0.15, -0.1) is 0 Å². The van der Waals surface area contributed by atoms with Gasteiger partial charge >= 0.3 is 0 Å². The number of nitrogens with one attached hydrogen (secondary N) is 1. The maximum absolute atomic E-state index is 12.7. The Balaban J connectivity index is 1.71. The molecular formula is C18H24N4O2. The minimum absolute atomic E-state index is 0.00490. The summed E-state index contributed by atoms with van der Waals surface area (Å²) in [7, 11) is 0. The molecule has 1 aliphatic carbocycles. The first-order chi connectivity index (χ1) is 11.4. The van der Waals surface area contributed by atoms with E-state index in [2.05, 4.69) is 10.4 Å². The standard InChI is InChI=1S/C18H24N4O2/c1-4-24-15-10-18(19,17(15,2)3)16(23)21-13-11-20-22(12-13)14-8-6-5-7-9-14/h5-9,11-12,15H,4,10,19H2,1-3H3,(H,21,23). The number of ether oxygens (including phenoxy) is 1. The van der Waals surface area contributed by atoms with Crippen molar-refractivity contribution in [2.24, 2.45) is 11.1 Å². The van der Waals surface area contributed by atoms with Crippen LogP contribution in [0.1, 0.15) is 27.2 Å². The summed E-state index contributed by atoms with van der Waals surface area (Å²) in [5.41, 5.74) is 6.59. The van der Waals surface area contributed by atoms with E-state index >= 15 is 0 Å². The molecule has 0 radical (unpaired) electrons. The third-order valence-corrected chi connectivity index (χ3v) is 5.10. The number of hydrogen-bond acceptors (Lipinski definition) is 4. The van der Waals surface area contributed by atoms with Crippen molar-refractivity contribution in [3.05, 3.63) is 42.7 Å². The fourth-order valence-electron chi connectivity index (χ4n) is 3.17. The van der Waals surface area contributed by atoms with Crippen LogP contribution in [0.15, 0.2) is 42.7 Å². The molecule has 6 nitrogen and oxygen atoms in total. The number of amides is 1. The molecule has 6 heteroatoms. The van der Waals surface area contributed by atoms with E-state index in [1.165, 1.54) is 0 Å². The normalized spacial score (nSPS) is 25.1. The number of aromatic nitrogens is 2. The summed E-state index contributed by atoms with van der Waals surface area (Å²) in [5.74, 6) is -0.198. The van der Waals surface area contributed by atoms with Gasteiger partial charge in [-0.3, -0.25) is 4.79 Å². The number of hydrogen-bond donors (Lipinski definition) is 2. The average molecular weight is 328 g/mol. The monoisotopic (exact) mass is 328 g/mol. The zero-order chi connectivity index (χ0) is 17.4. The lowest BCUT2D eigenvalue weighted by atomic mass is 9.54. The SMILES string of the molecule is CCOC1CC(N)(C(=O)Nc2cnn(-c3ccccc3)c2)C1(C)C. The van der Waals surface area contributed by atoms with Crippen LogP contribution in [0.2, 0.25) is 0 Å². The molecule has 2 unspecified atom stereocenters. The Morgan fingerprint density at radius 3 is 2.75 bits per heavy atom. The molecular weight excluding hydrogens is 304 g/mol. The van der Waals surface area contributed by atoms with Crippen molar-refractivity contribution in [1.29, 1.82) is 0 Å². The number of anilines is 1. The lowest BCUT2D eigenvalue weighted by Gasteiger charge is -2.57. The Morgan fingerprint density at radius 2 is 2.12 bits per heavy atom. The average Bonchev–Trinajstić information content (AvgIpc) is 3.03. The van der Waals surface area contributed by atoms with Crippen LogP contribution in [-0.2, 0) is 9.53 Å².